The SMILES string of the molecule is COC(=O)CCNC(=O)[C@@H]1CCNC1. The lowest BCUT2D eigenvalue weighted by Crippen LogP contribution is -2.33. The molecule has 1 aliphatic heterocycles. The number of carbonyl (C=O) groups excluding carboxylic acids is 2. The molecule has 0 spiro atoms. The molecule has 5 heteroatoms. The molecule has 1 saturated heterocycles. The van der Waals surface area contributed by atoms with Crippen LogP contribution in [0.15, 0.2) is 0 Å². The molecule has 80 valence electrons. The molecule has 1 rings (SSSR count). The molecule has 0 saturated carbocycles. The van der Waals surface area contributed by atoms with E-state index >= 15 is 0 Å². The standard InChI is InChI=1S/C9H16N2O3/c1-14-8(12)3-5-11-9(13)7-2-4-10-6-7/h7,10H,2-6H2,1H3,(H,11,13)/t7-/m1/s1. The van der Waals surface area contributed by atoms with Crippen LogP contribution in [-0.2, 0) is 14.3 Å². The van der Waals surface area contributed by atoms with Gasteiger partial charge in [0.25, 0.3) is 0 Å². The second-order valence-electron chi connectivity index (χ2n) is 3.31. The number of hydrogen-bond donors (Lipinski definition) is 2. The van der Waals surface area contributed by atoms with E-state index in [0.29, 0.717) is 6.54 Å². The maximum absolute atomic E-state index is 11.4. The van der Waals surface area contributed by atoms with Crippen LogP contribution in [0.3, 0.4) is 0 Å². The largest absolute Gasteiger partial charge is 0.469 e. The maximum atomic E-state index is 11.4. The van der Waals surface area contributed by atoms with Crippen LogP contribution in [0.25, 0.3) is 0 Å². The van der Waals surface area contributed by atoms with Crippen molar-refractivity contribution in [2.45, 2.75) is 12.8 Å². The summed E-state index contributed by atoms with van der Waals surface area (Å²) in [6, 6.07) is 0. The molecule has 14 heavy (non-hydrogen) atoms. The maximum Gasteiger partial charge on any atom is 0.307 e. The molecule has 0 aliphatic carbocycles. The highest BCUT2D eigenvalue weighted by Crippen LogP contribution is 2.06. The molecule has 5 nitrogen and oxygen atoms in total. The average molecular weight is 200 g/mol. The lowest BCUT2D eigenvalue weighted by Gasteiger charge is -2.08. The third-order valence-corrected chi connectivity index (χ3v) is 2.29. The summed E-state index contributed by atoms with van der Waals surface area (Å²) in [6.45, 7) is 2.00. The van der Waals surface area contributed by atoms with Crippen LogP contribution in [0.1, 0.15) is 12.8 Å². The number of carbonyl (C=O) groups is 2. The number of hydrogen-bond acceptors (Lipinski definition) is 4. The van der Waals surface area contributed by atoms with E-state index in [0.717, 1.165) is 19.5 Å². The fourth-order valence-corrected chi connectivity index (χ4v) is 1.41. The molecular weight excluding hydrogens is 184 g/mol. The highest BCUT2D eigenvalue weighted by Gasteiger charge is 2.21. The Morgan fingerprint density at radius 1 is 1.57 bits per heavy atom. The van der Waals surface area contributed by atoms with Gasteiger partial charge >= 0.3 is 5.97 Å². The van der Waals surface area contributed by atoms with Crippen LogP contribution in [0.5, 0.6) is 0 Å². The first-order valence-electron chi connectivity index (χ1n) is 4.79. The van der Waals surface area contributed by atoms with E-state index in [2.05, 4.69) is 15.4 Å². The zero-order valence-corrected chi connectivity index (χ0v) is 8.34. The zero-order chi connectivity index (χ0) is 10.4. The molecule has 1 amide bonds. The van der Waals surface area contributed by atoms with Crippen molar-refractivity contribution in [1.29, 1.82) is 0 Å². The van der Waals surface area contributed by atoms with Crippen molar-refractivity contribution >= 4 is 11.9 Å². The van der Waals surface area contributed by atoms with Crippen molar-refractivity contribution < 1.29 is 14.3 Å². The molecule has 1 fully saturated rings. The molecule has 0 bridgehead atoms. The molecule has 1 atom stereocenters. The van der Waals surface area contributed by atoms with Gasteiger partial charge in [-0.05, 0) is 13.0 Å². The third-order valence-electron chi connectivity index (χ3n) is 2.29. The van der Waals surface area contributed by atoms with Gasteiger partial charge in [0.05, 0.1) is 19.4 Å². The second-order valence-corrected chi connectivity index (χ2v) is 3.31. The zero-order valence-electron chi connectivity index (χ0n) is 8.34. The van der Waals surface area contributed by atoms with E-state index < -0.39 is 0 Å². The number of ether oxygens (including phenoxy) is 1. The number of esters is 1. The van der Waals surface area contributed by atoms with E-state index in [-0.39, 0.29) is 24.2 Å². The second kappa shape index (κ2) is 5.59. The van der Waals surface area contributed by atoms with E-state index in [4.69, 9.17) is 0 Å². The van der Waals surface area contributed by atoms with Gasteiger partial charge in [0.15, 0.2) is 0 Å². The summed E-state index contributed by atoms with van der Waals surface area (Å²) in [5.74, 6) is -0.207. The van der Waals surface area contributed by atoms with Crippen LogP contribution in [0.4, 0.5) is 0 Å². The summed E-state index contributed by atoms with van der Waals surface area (Å²) in [6.07, 6.45) is 1.12. The van der Waals surface area contributed by atoms with Crippen molar-refractivity contribution in [2.24, 2.45) is 5.92 Å². The summed E-state index contributed by atoms with van der Waals surface area (Å²) < 4.78 is 4.45. The van der Waals surface area contributed by atoms with Gasteiger partial charge in [-0.3, -0.25) is 9.59 Å². The summed E-state index contributed by atoms with van der Waals surface area (Å²) in [4.78, 5) is 22.1. The van der Waals surface area contributed by atoms with Crippen LogP contribution < -0.4 is 10.6 Å². The van der Waals surface area contributed by atoms with Gasteiger partial charge in [0.2, 0.25) is 5.91 Å². The molecule has 1 aliphatic rings. The summed E-state index contributed by atoms with van der Waals surface area (Å²) in [5, 5.41) is 5.82. The average Bonchev–Trinajstić information content (AvgIpc) is 2.70. The molecule has 0 aromatic rings. The van der Waals surface area contributed by atoms with Crippen molar-refractivity contribution in [3.05, 3.63) is 0 Å². The van der Waals surface area contributed by atoms with Crippen molar-refractivity contribution in [3.63, 3.8) is 0 Å². The van der Waals surface area contributed by atoms with Gasteiger partial charge < -0.3 is 15.4 Å². The van der Waals surface area contributed by atoms with Gasteiger partial charge in [0.1, 0.15) is 0 Å². The molecule has 0 radical (unpaired) electrons. The first-order valence-corrected chi connectivity index (χ1v) is 4.79. The molecule has 2 N–H and O–H groups in total. The Balaban J connectivity index is 2.11. The van der Waals surface area contributed by atoms with Gasteiger partial charge in [0, 0.05) is 13.1 Å². The minimum atomic E-state index is -0.296. The highest BCUT2D eigenvalue weighted by atomic mass is 16.5. The molecule has 0 unspecified atom stereocenters. The number of rotatable bonds is 4. The lowest BCUT2D eigenvalue weighted by atomic mass is 10.1. The van der Waals surface area contributed by atoms with Crippen molar-refractivity contribution in [3.8, 4) is 0 Å². The minimum Gasteiger partial charge on any atom is -0.469 e. The van der Waals surface area contributed by atoms with Crippen molar-refractivity contribution in [2.75, 3.05) is 26.7 Å². The first-order chi connectivity index (χ1) is 6.74. The Labute approximate surface area is 83.2 Å². The van der Waals surface area contributed by atoms with Crippen LogP contribution >= 0.6 is 0 Å². The van der Waals surface area contributed by atoms with Gasteiger partial charge in [-0.2, -0.15) is 0 Å². The fourth-order valence-electron chi connectivity index (χ4n) is 1.41. The Morgan fingerprint density at radius 3 is 2.93 bits per heavy atom. The fraction of sp³-hybridized carbons (Fsp3) is 0.778. The Kier molecular flexibility index (Phi) is 4.39. The van der Waals surface area contributed by atoms with E-state index in [1.54, 1.807) is 0 Å². The molecular formula is C9H16N2O3. The van der Waals surface area contributed by atoms with Crippen LogP contribution in [0.2, 0.25) is 0 Å². The van der Waals surface area contributed by atoms with Gasteiger partial charge in [-0.15, -0.1) is 0 Å². The first kappa shape index (κ1) is 11.0. The Bertz CT molecular complexity index is 212. The van der Waals surface area contributed by atoms with E-state index in [9.17, 15) is 9.59 Å². The number of methoxy groups -OCH3 is 1. The van der Waals surface area contributed by atoms with Gasteiger partial charge in [-0.1, -0.05) is 0 Å². The normalized spacial score (nSPS) is 20.5. The van der Waals surface area contributed by atoms with Crippen LogP contribution in [0, 0.1) is 5.92 Å². The molecule has 1 heterocycles. The van der Waals surface area contributed by atoms with Crippen molar-refractivity contribution in [1.82, 2.24) is 10.6 Å². The topological polar surface area (TPSA) is 67.4 Å². The predicted molar refractivity (Wildman–Crippen MR) is 50.6 cm³/mol. The number of amides is 1. The minimum absolute atomic E-state index is 0.0268. The summed E-state index contributed by atoms with van der Waals surface area (Å²) in [7, 11) is 1.34. The molecule has 0 aromatic carbocycles. The van der Waals surface area contributed by atoms with E-state index in [1.807, 2.05) is 0 Å². The summed E-state index contributed by atoms with van der Waals surface area (Å²) in [5.41, 5.74) is 0. The van der Waals surface area contributed by atoms with Crippen LogP contribution in [-0.4, -0.2) is 38.6 Å². The Hall–Kier alpha value is -1.10. The monoisotopic (exact) mass is 200 g/mol. The Morgan fingerprint density at radius 2 is 2.36 bits per heavy atom. The summed E-state index contributed by atoms with van der Waals surface area (Å²) >= 11 is 0. The predicted octanol–water partition coefficient (Wildman–Crippen LogP) is -0.725. The quantitative estimate of drug-likeness (QED) is 0.587. The van der Waals surface area contributed by atoms with E-state index in [1.165, 1.54) is 7.11 Å². The highest BCUT2D eigenvalue weighted by molar-refractivity contribution is 5.79. The van der Waals surface area contributed by atoms with Gasteiger partial charge in [-0.25, -0.2) is 0 Å². The smallest absolute Gasteiger partial charge is 0.307 e. The molecule has 0 aromatic heterocycles. The lowest BCUT2D eigenvalue weighted by molar-refractivity contribution is -0.140. The third kappa shape index (κ3) is 3.33. The number of nitrogens with one attached hydrogen (secondary N) is 2.